The smallest absolute Gasteiger partial charge is 0.240 e. The number of likely N-dealkylation sites (N-methyl/N-ethyl adjacent to an activating group) is 1. The molecule has 27 heavy (non-hydrogen) atoms. The summed E-state index contributed by atoms with van der Waals surface area (Å²) >= 11 is 1.64. The average molecular weight is 412 g/mol. The van der Waals surface area contributed by atoms with Crippen LogP contribution in [-0.4, -0.2) is 57.0 Å². The number of nitrogens with zero attached hydrogens (tertiary/aromatic N) is 2. The fourth-order valence-corrected chi connectivity index (χ4v) is 5.76. The van der Waals surface area contributed by atoms with Gasteiger partial charge in [0.05, 0.1) is 10.9 Å². The summed E-state index contributed by atoms with van der Waals surface area (Å²) in [5.74, 6) is -0.452. The Balaban J connectivity index is 1.79. The number of benzene rings is 1. The molecular weight excluding hydrogens is 385 g/mol. The molecule has 5 nitrogen and oxygen atoms in total. The van der Waals surface area contributed by atoms with Crippen LogP contribution >= 0.6 is 11.3 Å². The van der Waals surface area contributed by atoms with Crippen LogP contribution in [0.4, 0.5) is 4.39 Å². The number of nitrogens with one attached hydrogen (secondary N) is 1. The first kappa shape index (κ1) is 20.4. The maximum Gasteiger partial charge on any atom is 0.240 e. The third-order valence-electron chi connectivity index (χ3n) is 5.02. The third-order valence-corrected chi connectivity index (χ3v) is 7.54. The molecule has 148 valence electrons. The van der Waals surface area contributed by atoms with Gasteiger partial charge in [-0.05, 0) is 49.2 Å². The highest BCUT2D eigenvalue weighted by Crippen LogP contribution is 2.30. The van der Waals surface area contributed by atoms with Crippen molar-refractivity contribution in [2.75, 3.05) is 32.7 Å². The standard InChI is InChI=1S/C19H26FN3O2S2/c1-3-22-10-12-23(13-11-22)19(18-5-4-14-26-18)15(2)21-27(24,25)17-8-6-16(20)7-9-17/h4-9,14-15,19,21H,3,10-13H2,1-2H3/t15-,19-/m0/s1. The van der Waals surface area contributed by atoms with E-state index in [-0.39, 0.29) is 17.0 Å². The molecular formula is C19H26FN3O2S2. The molecule has 8 heteroatoms. The Morgan fingerprint density at radius 1 is 1.15 bits per heavy atom. The molecule has 0 bridgehead atoms. The zero-order valence-corrected chi connectivity index (χ0v) is 17.3. The number of halogens is 1. The van der Waals surface area contributed by atoms with Gasteiger partial charge in [0.15, 0.2) is 0 Å². The number of thiophene rings is 1. The van der Waals surface area contributed by atoms with Crippen molar-refractivity contribution in [3.8, 4) is 0 Å². The quantitative estimate of drug-likeness (QED) is 0.761. The Labute approximate surface area is 164 Å². The van der Waals surface area contributed by atoms with Crippen LogP contribution in [-0.2, 0) is 10.0 Å². The number of piperazine rings is 1. The molecule has 0 unspecified atom stereocenters. The minimum Gasteiger partial charge on any atom is -0.301 e. The predicted molar refractivity (Wildman–Crippen MR) is 107 cm³/mol. The van der Waals surface area contributed by atoms with Crippen LogP contribution in [0.1, 0.15) is 24.8 Å². The van der Waals surface area contributed by atoms with Crippen molar-refractivity contribution in [1.82, 2.24) is 14.5 Å². The maximum atomic E-state index is 13.1. The Morgan fingerprint density at radius 3 is 2.37 bits per heavy atom. The minimum atomic E-state index is -3.72. The van der Waals surface area contributed by atoms with Gasteiger partial charge in [0.2, 0.25) is 10.0 Å². The third kappa shape index (κ3) is 4.94. The first-order chi connectivity index (χ1) is 12.9. The maximum absolute atomic E-state index is 13.1. The van der Waals surface area contributed by atoms with Gasteiger partial charge in [0.1, 0.15) is 5.82 Å². The van der Waals surface area contributed by atoms with E-state index in [1.54, 1.807) is 11.3 Å². The summed E-state index contributed by atoms with van der Waals surface area (Å²) in [7, 11) is -3.72. The zero-order chi connectivity index (χ0) is 19.4. The summed E-state index contributed by atoms with van der Waals surface area (Å²) in [6, 6.07) is 8.64. The van der Waals surface area contributed by atoms with Crippen molar-refractivity contribution in [3.63, 3.8) is 0 Å². The minimum absolute atomic E-state index is 0.0285. The van der Waals surface area contributed by atoms with Crippen LogP contribution in [0.15, 0.2) is 46.7 Å². The normalized spacial score (nSPS) is 19.1. The highest BCUT2D eigenvalue weighted by Gasteiger charge is 2.32. The molecule has 0 spiro atoms. The van der Waals surface area contributed by atoms with Crippen LogP contribution in [0.2, 0.25) is 0 Å². The molecule has 1 fully saturated rings. The van der Waals surface area contributed by atoms with Crippen LogP contribution in [0.3, 0.4) is 0 Å². The van der Waals surface area contributed by atoms with Crippen molar-refractivity contribution in [3.05, 3.63) is 52.5 Å². The molecule has 1 N–H and O–H groups in total. The summed E-state index contributed by atoms with van der Waals surface area (Å²) in [4.78, 5) is 5.98. The molecule has 2 atom stereocenters. The van der Waals surface area contributed by atoms with Gasteiger partial charge in [-0.25, -0.2) is 17.5 Å². The molecule has 1 aliphatic rings. The summed E-state index contributed by atoms with van der Waals surface area (Å²) in [6.07, 6.45) is 0. The molecule has 3 rings (SSSR count). The van der Waals surface area contributed by atoms with Crippen LogP contribution < -0.4 is 4.72 Å². The van der Waals surface area contributed by atoms with E-state index in [0.717, 1.165) is 37.6 Å². The van der Waals surface area contributed by atoms with E-state index < -0.39 is 15.8 Å². The molecule has 1 saturated heterocycles. The van der Waals surface area contributed by atoms with Crippen LogP contribution in [0.5, 0.6) is 0 Å². The van der Waals surface area contributed by atoms with Crippen molar-refractivity contribution < 1.29 is 12.8 Å². The lowest BCUT2D eigenvalue weighted by Gasteiger charge is -2.41. The van der Waals surface area contributed by atoms with E-state index in [1.165, 1.54) is 24.3 Å². The summed E-state index contributed by atoms with van der Waals surface area (Å²) in [6.45, 7) is 8.86. The summed E-state index contributed by atoms with van der Waals surface area (Å²) in [5.41, 5.74) is 0. The van der Waals surface area contributed by atoms with Gasteiger partial charge >= 0.3 is 0 Å². The average Bonchev–Trinajstić information content (AvgIpc) is 3.16. The summed E-state index contributed by atoms with van der Waals surface area (Å²) in [5, 5.41) is 2.02. The van der Waals surface area contributed by atoms with Gasteiger partial charge in [0, 0.05) is 37.1 Å². The molecule has 2 aromatic rings. The van der Waals surface area contributed by atoms with E-state index >= 15 is 0 Å². The molecule has 2 heterocycles. The first-order valence-corrected chi connectivity index (χ1v) is 11.5. The second-order valence-electron chi connectivity index (χ2n) is 6.79. The fraction of sp³-hybridized carbons (Fsp3) is 0.474. The van der Waals surface area contributed by atoms with Gasteiger partial charge < -0.3 is 4.90 Å². The number of hydrogen-bond acceptors (Lipinski definition) is 5. The second kappa shape index (κ2) is 8.79. The van der Waals surface area contributed by atoms with Crippen molar-refractivity contribution in [1.29, 1.82) is 0 Å². The Morgan fingerprint density at radius 2 is 1.81 bits per heavy atom. The van der Waals surface area contributed by atoms with Crippen molar-refractivity contribution in [2.45, 2.75) is 30.8 Å². The lowest BCUT2D eigenvalue weighted by atomic mass is 10.1. The summed E-state index contributed by atoms with van der Waals surface area (Å²) < 4.78 is 41.4. The number of sulfonamides is 1. The van der Waals surface area contributed by atoms with Crippen molar-refractivity contribution in [2.24, 2.45) is 0 Å². The Hall–Kier alpha value is -1.32. The van der Waals surface area contributed by atoms with E-state index in [4.69, 9.17) is 0 Å². The van der Waals surface area contributed by atoms with E-state index in [2.05, 4.69) is 27.5 Å². The SMILES string of the molecule is CCN1CCN([C@H](c2cccs2)[C@H](C)NS(=O)(=O)c2ccc(F)cc2)CC1. The Bertz CT molecular complexity index is 817. The lowest BCUT2D eigenvalue weighted by Crippen LogP contribution is -2.52. The van der Waals surface area contributed by atoms with Crippen molar-refractivity contribution >= 4 is 21.4 Å². The highest BCUT2D eigenvalue weighted by molar-refractivity contribution is 7.89. The van der Waals surface area contributed by atoms with Gasteiger partial charge in [-0.1, -0.05) is 13.0 Å². The van der Waals surface area contributed by atoms with Gasteiger partial charge in [-0.3, -0.25) is 4.90 Å². The first-order valence-electron chi connectivity index (χ1n) is 9.18. The van der Waals surface area contributed by atoms with Gasteiger partial charge in [0.25, 0.3) is 0 Å². The topological polar surface area (TPSA) is 52.6 Å². The Kier molecular flexibility index (Phi) is 6.65. The molecule has 1 aromatic heterocycles. The number of rotatable bonds is 7. The molecule has 1 aromatic carbocycles. The van der Waals surface area contributed by atoms with Crippen LogP contribution in [0.25, 0.3) is 0 Å². The van der Waals surface area contributed by atoms with Crippen LogP contribution in [0, 0.1) is 5.82 Å². The molecule has 0 saturated carbocycles. The van der Waals surface area contributed by atoms with E-state index in [0.29, 0.717) is 0 Å². The molecule has 0 amide bonds. The highest BCUT2D eigenvalue weighted by atomic mass is 32.2. The van der Waals surface area contributed by atoms with E-state index in [9.17, 15) is 12.8 Å². The fourth-order valence-electron chi connectivity index (χ4n) is 3.55. The lowest BCUT2D eigenvalue weighted by molar-refractivity contribution is 0.0888. The second-order valence-corrected chi connectivity index (χ2v) is 9.49. The molecule has 0 aliphatic carbocycles. The van der Waals surface area contributed by atoms with E-state index in [1.807, 2.05) is 18.4 Å². The van der Waals surface area contributed by atoms with Gasteiger partial charge in [-0.15, -0.1) is 11.3 Å². The molecule has 0 radical (unpaired) electrons. The monoisotopic (exact) mass is 411 g/mol. The zero-order valence-electron chi connectivity index (χ0n) is 15.6. The molecule has 1 aliphatic heterocycles. The number of hydrogen-bond donors (Lipinski definition) is 1. The predicted octanol–water partition coefficient (Wildman–Crippen LogP) is 2.93. The van der Waals surface area contributed by atoms with Gasteiger partial charge in [-0.2, -0.15) is 0 Å². The largest absolute Gasteiger partial charge is 0.301 e.